The molecular formula is C48H33N3O. The van der Waals surface area contributed by atoms with Crippen molar-refractivity contribution >= 4 is 21.9 Å². The van der Waals surface area contributed by atoms with Crippen molar-refractivity contribution in [1.29, 1.82) is 0 Å². The van der Waals surface area contributed by atoms with Crippen LogP contribution in [-0.4, -0.2) is 15.0 Å². The van der Waals surface area contributed by atoms with E-state index in [1.54, 1.807) is 0 Å². The summed E-state index contributed by atoms with van der Waals surface area (Å²) in [6.45, 7) is 4.64. The van der Waals surface area contributed by atoms with Crippen molar-refractivity contribution in [3.8, 4) is 67.4 Å². The molecule has 0 saturated heterocycles. The normalized spacial score (nSPS) is 13.0. The lowest BCUT2D eigenvalue weighted by atomic mass is 9.81. The highest BCUT2D eigenvalue weighted by molar-refractivity contribution is 6.12. The Morgan fingerprint density at radius 3 is 2.02 bits per heavy atom. The first kappa shape index (κ1) is 30.2. The SMILES string of the molecule is CC1(C)c2ccccc2-c2ccc(-c3ncccc3-c3ccc(-c4cc(-c5cccc6oc7ccccc7c56)nc(-c5ccccc5)n4)cc3)cc21. The third kappa shape index (κ3) is 4.79. The van der Waals surface area contributed by atoms with Gasteiger partial charge in [-0.1, -0.05) is 141 Å². The molecule has 1 aliphatic rings. The van der Waals surface area contributed by atoms with E-state index in [0.29, 0.717) is 5.82 Å². The number of furan rings is 1. The minimum absolute atomic E-state index is 0.0796. The number of rotatable bonds is 5. The van der Waals surface area contributed by atoms with Gasteiger partial charge in [-0.25, -0.2) is 9.97 Å². The summed E-state index contributed by atoms with van der Waals surface area (Å²) < 4.78 is 6.24. The van der Waals surface area contributed by atoms with E-state index in [4.69, 9.17) is 19.4 Å². The lowest BCUT2D eigenvalue weighted by molar-refractivity contribution is 0.660. The summed E-state index contributed by atoms with van der Waals surface area (Å²) in [7, 11) is 0. The topological polar surface area (TPSA) is 51.8 Å². The lowest BCUT2D eigenvalue weighted by Gasteiger charge is -2.22. The van der Waals surface area contributed by atoms with Gasteiger partial charge in [-0.3, -0.25) is 4.98 Å². The molecule has 4 heteroatoms. The van der Waals surface area contributed by atoms with Gasteiger partial charge in [0.1, 0.15) is 11.2 Å². The van der Waals surface area contributed by atoms with Gasteiger partial charge >= 0.3 is 0 Å². The largest absolute Gasteiger partial charge is 0.456 e. The van der Waals surface area contributed by atoms with E-state index in [1.165, 1.54) is 22.3 Å². The van der Waals surface area contributed by atoms with E-state index < -0.39 is 0 Å². The highest BCUT2D eigenvalue weighted by Gasteiger charge is 2.35. The summed E-state index contributed by atoms with van der Waals surface area (Å²) in [6.07, 6.45) is 1.89. The maximum Gasteiger partial charge on any atom is 0.160 e. The summed E-state index contributed by atoms with van der Waals surface area (Å²) in [4.78, 5) is 15.2. The first-order valence-electron chi connectivity index (χ1n) is 17.7. The summed E-state index contributed by atoms with van der Waals surface area (Å²) in [5.41, 5.74) is 15.9. The second-order valence-electron chi connectivity index (χ2n) is 14.0. The number of hydrogen-bond acceptors (Lipinski definition) is 4. The second kappa shape index (κ2) is 11.7. The number of hydrogen-bond donors (Lipinski definition) is 0. The van der Waals surface area contributed by atoms with Crippen LogP contribution in [0.15, 0.2) is 168 Å². The highest BCUT2D eigenvalue weighted by Crippen LogP contribution is 2.50. The molecule has 9 aromatic rings. The Hall–Kier alpha value is -6.65. The Kier molecular flexibility index (Phi) is 6.80. The average molecular weight is 668 g/mol. The molecule has 3 aromatic heterocycles. The molecule has 0 atom stereocenters. The molecule has 246 valence electrons. The van der Waals surface area contributed by atoms with Crippen LogP contribution in [-0.2, 0) is 5.41 Å². The van der Waals surface area contributed by atoms with Gasteiger partial charge in [0.25, 0.3) is 0 Å². The molecule has 3 heterocycles. The molecule has 0 aliphatic heterocycles. The van der Waals surface area contributed by atoms with E-state index in [0.717, 1.165) is 72.4 Å². The Bertz CT molecular complexity index is 2810. The van der Waals surface area contributed by atoms with Crippen molar-refractivity contribution < 1.29 is 4.42 Å². The van der Waals surface area contributed by atoms with E-state index in [-0.39, 0.29) is 5.41 Å². The zero-order valence-corrected chi connectivity index (χ0v) is 28.8. The third-order valence-corrected chi connectivity index (χ3v) is 10.6. The maximum atomic E-state index is 6.24. The van der Waals surface area contributed by atoms with Crippen molar-refractivity contribution in [2.75, 3.05) is 0 Å². The number of aromatic nitrogens is 3. The number of nitrogens with zero attached hydrogens (tertiary/aromatic N) is 3. The predicted octanol–water partition coefficient (Wildman–Crippen LogP) is 12.4. The van der Waals surface area contributed by atoms with Crippen LogP contribution in [0.5, 0.6) is 0 Å². The van der Waals surface area contributed by atoms with Crippen molar-refractivity contribution in [3.05, 3.63) is 175 Å². The molecule has 4 nitrogen and oxygen atoms in total. The van der Waals surface area contributed by atoms with Crippen LogP contribution in [0.1, 0.15) is 25.0 Å². The lowest BCUT2D eigenvalue weighted by Crippen LogP contribution is -2.14. The molecule has 1 aliphatic carbocycles. The third-order valence-electron chi connectivity index (χ3n) is 10.6. The summed E-state index contributed by atoms with van der Waals surface area (Å²) in [5.74, 6) is 0.679. The van der Waals surface area contributed by atoms with Crippen LogP contribution in [0, 0.1) is 0 Å². The van der Waals surface area contributed by atoms with Gasteiger partial charge in [-0.05, 0) is 58.1 Å². The molecule has 0 unspecified atom stereocenters. The van der Waals surface area contributed by atoms with Crippen LogP contribution in [0.2, 0.25) is 0 Å². The molecule has 0 radical (unpaired) electrons. The van der Waals surface area contributed by atoms with Crippen molar-refractivity contribution in [2.45, 2.75) is 19.3 Å². The van der Waals surface area contributed by atoms with Crippen LogP contribution in [0.4, 0.5) is 0 Å². The van der Waals surface area contributed by atoms with E-state index in [1.807, 2.05) is 60.8 Å². The zero-order valence-electron chi connectivity index (χ0n) is 28.8. The van der Waals surface area contributed by atoms with Gasteiger partial charge in [0, 0.05) is 50.2 Å². The Balaban J connectivity index is 1.07. The first-order valence-corrected chi connectivity index (χ1v) is 17.7. The second-order valence-corrected chi connectivity index (χ2v) is 14.0. The van der Waals surface area contributed by atoms with Crippen molar-refractivity contribution in [3.63, 3.8) is 0 Å². The van der Waals surface area contributed by atoms with Gasteiger partial charge in [-0.15, -0.1) is 0 Å². The van der Waals surface area contributed by atoms with Crippen LogP contribution >= 0.6 is 0 Å². The van der Waals surface area contributed by atoms with E-state index >= 15 is 0 Å². The van der Waals surface area contributed by atoms with E-state index in [9.17, 15) is 0 Å². The molecule has 0 fully saturated rings. The Morgan fingerprint density at radius 1 is 0.462 bits per heavy atom. The Labute approximate surface area is 302 Å². The number of pyridine rings is 1. The van der Waals surface area contributed by atoms with Crippen LogP contribution in [0.25, 0.3) is 89.4 Å². The summed E-state index contributed by atoms with van der Waals surface area (Å²) in [5, 5.41) is 2.13. The highest BCUT2D eigenvalue weighted by atomic mass is 16.3. The minimum Gasteiger partial charge on any atom is -0.456 e. The zero-order chi connectivity index (χ0) is 34.8. The summed E-state index contributed by atoms with van der Waals surface area (Å²) >= 11 is 0. The minimum atomic E-state index is -0.0796. The van der Waals surface area contributed by atoms with Crippen LogP contribution < -0.4 is 0 Å². The molecule has 0 N–H and O–H groups in total. The number of benzene rings is 6. The predicted molar refractivity (Wildman–Crippen MR) is 212 cm³/mol. The van der Waals surface area contributed by atoms with Gasteiger partial charge < -0.3 is 4.42 Å². The Morgan fingerprint density at radius 2 is 1.13 bits per heavy atom. The fraction of sp³-hybridized carbons (Fsp3) is 0.0625. The smallest absolute Gasteiger partial charge is 0.160 e. The quantitative estimate of drug-likeness (QED) is 0.183. The average Bonchev–Trinajstić information content (AvgIpc) is 3.70. The molecular weight excluding hydrogens is 635 g/mol. The van der Waals surface area contributed by atoms with Crippen molar-refractivity contribution in [2.24, 2.45) is 0 Å². The monoisotopic (exact) mass is 667 g/mol. The first-order chi connectivity index (χ1) is 25.5. The standard InChI is InChI=1S/C48H33N3O/c1-48(2)39-18-8-6-14-35(39)36-26-25-33(28-40(36)48)46-34(17-11-27-49-46)30-21-23-31(24-22-30)41-29-42(51-47(50-41)32-12-4-3-5-13-32)37-16-10-20-44-45(37)38-15-7-9-19-43(38)52-44/h3-29H,1-2H3. The molecule has 6 aromatic carbocycles. The van der Waals surface area contributed by atoms with Gasteiger partial charge in [0.2, 0.25) is 0 Å². The van der Waals surface area contributed by atoms with Crippen molar-refractivity contribution in [1.82, 2.24) is 15.0 Å². The van der Waals surface area contributed by atoms with Gasteiger partial charge in [0.15, 0.2) is 5.82 Å². The molecule has 10 rings (SSSR count). The fourth-order valence-corrected chi connectivity index (χ4v) is 7.98. The van der Waals surface area contributed by atoms with E-state index in [2.05, 4.69) is 117 Å². The molecule has 0 saturated carbocycles. The van der Waals surface area contributed by atoms with Gasteiger partial charge in [-0.2, -0.15) is 0 Å². The maximum absolute atomic E-state index is 6.24. The summed E-state index contributed by atoms with van der Waals surface area (Å²) in [6, 6.07) is 55.1. The van der Waals surface area contributed by atoms with Gasteiger partial charge in [0.05, 0.1) is 17.1 Å². The number of fused-ring (bicyclic) bond motifs is 6. The molecule has 0 spiro atoms. The number of para-hydroxylation sites is 1. The fourth-order valence-electron chi connectivity index (χ4n) is 7.98. The molecule has 0 amide bonds. The van der Waals surface area contributed by atoms with Crippen LogP contribution in [0.3, 0.4) is 0 Å². The molecule has 52 heavy (non-hydrogen) atoms. The molecule has 0 bridgehead atoms.